The maximum absolute atomic E-state index is 17.3. The highest BCUT2D eigenvalue weighted by atomic mass is 19.3. The number of fused-ring (bicyclic) bond motifs is 7. The normalized spacial score (nSPS) is 25.1. The molecule has 0 saturated carbocycles. The first-order valence-corrected chi connectivity index (χ1v) is 17.1. The number of allylic oxidation sites excluding steroid dienone is 2. The number of benzene rings is 6. The lowest BCUT2D eigenvalue weighted by Gasteiger charge is -2.47. The van der Waals surface area contributed by atoms with Gasteiger partial charge in [-0.2, -0.15) is 35.1 Å². The van der Waals surface area contributed by atoms with Crippen molar-refractivity contribution in [3.05, 3.63) is 199 Å². The molecule has 0 aromatic heterocycles. The van der Waals surface area contributed by atoms with Crippen molar-refractivity contribution >= 4 is 10.8 Å². The van der Waals surface area contributed by atoms with Gasteiger partial charge in [0.25, 0.3) is 0 Å². The molecule has 0 aliphatic heterocycles. The second-order valence-electron chi connectivity index (χ2n) is 14.6. The van der Waals surface area contributed by atoms with Crippen molar-refractivity contribution in [2.75, 3.05) is 0 Å². The maximum Gasteiger partial charge on any atom is 0.340 e. The van der Waals surface area contributed by atoms with Crippen LogP contribution in [0.2, 0.25) is 0 Å². The van der Waals surface area contributed by atoms with Gasteiger partial charge in [-0.3, -0.25) is 0 Å². The Morgan fingerprint density at radius 1 is 0.327 bits per heavy atom. The van der Waals surface area contributed by atoms with Gasteiger partial charge in [0.1, 0.15) is 0 Å². The summed E-state index contributed by atoms with van der Waals surface area (Å²) < 4.78 is 138. The van der Waals surface area contributed by atoms with Crippen molar-refractivity contribution in [2.45, 2.75) is 47.4 Å². The molecule has 7 aliphatic carbocycles. The molecule has 52 heavy (non-hydrogen) atoms. The predicted octanol–water partition coefficient (Wildman–Crippen LogP) is 12.1. The Kier molecular flexibility index (Phi) is 5.49. The lowest BCUT2D eigenvalue weighted by Crippen LogP contribution is -2.45. The van der Waals surface area contributed by atoms with Gasteiger partial charge in [-0.15, -0.1) is 0 Å². The Morgan fingerprint density at radius 2 is 0.615 bits per heavy atom. The van der Waals surface area contributed by atoms with Crippen LogP contribution in [0.5, 0.6) is 0 Å². The molecule has 0 radical (unpaired) electrons. The predicted molar refractivity (Wildman–Crippen MR) is 180 cm³/mol. The van der Waals surface area contributed by atoms with E-state index in [1.165, 1.54) is 12.2 Å². The molecule has 6 aromatic rings. The zero-order valence-corrected chi connectivity index (χ0v) is 26.9. The molecule has 6 aromatic carbocycles. The monoisotopic (exact) mass is 704 g/mol. The molecule has 8 heteroatoms. The Labute approximate surface area is 292 Å². The van der Waals surface area contributed by atoms with Crippen LogP contribution in [0.3, 0.4) is 0 Å². The van der Waals surface area contributed by atoms with E-state index in [9.17, 15) is 0 Å². The zero-order chi connectivity index (χ0) is 35.7. The highest BCUT2D eigenvalue weighted by molar-refractivity contribution is 5.86. The number of hydrogen-bond donors (Lipinski definition) is 0. The second kappa shape index (κ2) is 9.40. The van der Waals surface area contributed by atoms with Crippen LogP contribution in [0.1, 0.15) is 102 Å². The largest absolute Gasteiger partial charge is 0.340 e. The fraction of sp³-hybridized carbons (Fsp3) is 0.182. The standard InChI is InChI=1S/C44H24F8/c45-41(46)31-15-16-32(38-28-14-13-27(37(31)38)29-19-21-7-1-2-8-22(21)20-30(28)29)42(47,48)44(51,52)34-18-17-33(43(41,49)50)39-35-23-9-3-5-11-25(23)36(40(34)39)26-12-6-4-10-24(26)35/h1-20,27-28,35-36H/t27-,28+,35?,36?. The summed E-state index contributed by atoms with van der Waals surface area (Å²) in [6.45, 7) is 0. The average Bonchev–Trinajstić information content (AvgIpc) is 3.15. The van der Waals surface area contributed by atoms with Gasteiger partial charge in [0.15, 0.2) is 0 Å². The van der Waals surface area contributed by atoms with Gasteiger partial charge in [-0.05, 0) is 78.5 Å². The molecule has 0 saturated heterocycles. The van der Waals surface area contributed by atoms with Crippen molar-refractivity contribution in [3.63, 3.8) is 0 Å². The third-order valence-electron chi connectivity index (χ3n) is 12.3. The van der Waals surface area contributed by atoms with Crippen molar-refractivity contribution in [2.24, 2.45) is 0 Å². The smallest absolute Gasteiger partial charge is 0.194 e. The third kappa shape index (κ3) is 3.32. The Morgan fingerprint density at radius 3 is 0.942 bits per heavy atom. The van der Waals surface area contributed by atoms with Crippen molar-refractivity contribution < 1.29 is 35.1 Å². The first kappa shape index (κ1) is 30.4. The quantitative estimate of drug-likeness (QED) is 0.109. The van der Waals surface area contributed by atoms with E-state index >= 15 is 35.1 Å². The molecule has 8 bridgehead atoms. The molecule has 0 unspecified atom stereocenters. The number of halogens is 8. The summed E-state index contributed by atoms with van der Waals surface area (Å²) in [5.74, 6) is -24.3. The molecule has 13 rings (SSSR count). The molecule has 0 amide bonds. The van der Waals surface area contributed by atoms with E-state index in [-0.39, 0.29) is 0 Å². The highest BCUT2D eigenvalue weighted by Gasteiger charge is 2.67. The highest BCUT2D eigenvalue weighted by Crippen LogP contribution is 2.66. The lowest BCUT2D eigenvalue weighted by atomic mass is 9.57. The van der Waals surface area contributed by atoms with E-state index in [1.807, 2.05) is 0 Å². The van der Waals surface area contributed by atoms with Crippen LogP contribution in [0.15, 0.2) is 121 Å². The summed E-state index contributed by atoms with van der Waals surface area (Å²) in [6.07, 6.45) is 3.08. The van der Waals surface area contributed by atoms with E-state index in [4.69, 9.17) is 0 Å². The molecule has 256 valence electrons. The topological polar surface area (TPSA) is 0 Å². The third-order valence-corrected chi connectivity index (χ3v) is 12.3. The Balaban J connectivity index is 1.26. The first-order chi connectivity index (χ1) is 24.9. The minimum absolute atomic E-state index is 0.456. The number of rotatable bonds is 0. The van der Waals surface area contributed by atoms with E-state index in [1.54, 1.807) is 84.9 Å². The van der Waals surface area contributed by atoms with Crippen LogP contribution in [-0.2, 0) is 23.7 Å². The van der Waals surface area contributed by atoms with E-state index < -0.39 is 91.9 Å². The van der Waals surface area contributed by atoms with Gasteiger partial charge in [0.05, 0.1) is 0 Å². The molecule has 2 atom stereocenters. The minimum atomic E-state index is -4.93. The summed E-state index contributed by atoms with van der Waals surface area (Å²) in [7, 11) is 0. The van der Waals surface area contributed by atoms with Gasteiger partial charge in [-0.25, -0.2) is 0 Å². The Bertz CT molecular complexity index is 2410. The van der Waals surface area contributed by atoms with Crippen LogP contribution >= 0.6 is 0 Å². The van der Waals surface area contributed by atoms with Crippen LogP contribution in [-0.4, -0.2) is 0 Å². The zero-order valence-electron chi connectivity index (χ0n) is 26.9. The summed E-state index contributed by atoms with van der Waals surface area (Å²) in [6, 6.07) is 26.1. The SMILES string of the molecule is FC1(F)c2ccc(c3c2C2c4ccccc4C3c3ccccc32)C(F)(F)C(F)(F)c2ccc(c3c2[C@H]2C=C[C@@H]3c3cc4ccccc4cc32)C1(F)F. The molecule has 0 fully saturated rings. The molecular formula is C44H24F8. The molecule has 0 heterocycles. The van der Waals surface area contributed by atoms with Crippen LogP contribution in [0.25, 0.3) is 10.8 Å². The van der Waals surface area contributed by atoms with Gasteiger partial charge in [0.2, 0.25) is 0 Å². The summed E-state index contributed by atoms with van der Waals surface area (Å²) in [5.41, 5.74) is -3.47. The van der Waals surface area contributed by atoms with Crippen molar-refractivity contribution in [1.29, 1.82) is 0 Å². The van der Waals surface area contributed by atoms with E-state index in [0.29, 0.717) is 57.6 Å². The van der Waals surface area contributed by atoms with Crippen LogP contribution in [0, 0.1) is 0 Å². The van der Waals surface area contributed by atoms with Gasteiger partial charge >= 0.3 is 23.7 Å². The summed E-state index contributed by atoms with van der Waals surface area (Å²) in [5, 5.41) is 1.48. The lowest BCUT2D eigenvalue weighted by molar-refractivity contribution is -0.228. The van der Waals surface area contributed by atoms with Crippen molar-refractivity contribution in [1.82, 2.24) is 0 Å². The van der Waals surface area contributed by atoms with Gasteiger partial charge in [0, 0.05) is 45.9 Å². The Hall–Kier alpha value is -5.24. The van der Waals surface area contributed by atoms with Gasteiger partial charge in [-0.1, -0.05) is 109 Å². The van der Waals surface area contributed by atoms with Crippen LogP contribution in [0.4, 0.5) is 35.1 Å². The second-order valence-corrected chi connectivity index (χ2v) is 14.6. The number of hydrogen-bond acceptors (Lipinski definition) is 0. The summed E-state index contributed by atoms with van der Waals surface area (Å²) in [4.78, 5) is 0. The van der Waals surface area contributed by atoms with Gasteiger partial charge < -0.3 is 0 Å². The molecule has 7 aliphatic rings. The van der Waals surface area contributed by atoms with E-state index in [2.05, 4.69) is 0 Å². The fourth-order valence-corrected chi connectivity index (χ4v) is 10.1. The number of alkyl halides is 8. The summed E-state index contributed by atoms with van der Waals surface area (Å²) >= 11 is 0. The molecule has 0 nitrogen and oxygen atoms in total. The minimum Gasteiger partial charge on any atom is -0.194 e. The maximum atomic E-state index is 17.3. The fourth-order valence-electron chi connectivity index (χ4n) is 10.1. The van der Waals surface area contributed by atoms with Crippen molar-refractivity contribution in [3.8, 4) is 0 Å². The van der Waals surface area contributed by atoms with Crippen LogP contribution < -0.4 is 0 Å². The first-order valence-electron chi connectivity index (χ1n) is 17.1. The molecular weight excluding hydrogens is 680 g/mol. The van der Waals surface area contributed by atoms with E-state index in [0.717, 1.165) is 10.8 Å². The molecule has 0 N–H and O–H groups in total. The molecule has 0 spiro atoms. The average molecular weight is 705 g/mol.